The molecule has 0 aliphatic heterocycles. The van der Waals surface area contributed by atoms with E-state index in [1.54, 1.807) is 0 Å². The van der Waals surface area contributed by atoms with Crippen LogP contribution in [0.15, 0.2) is 0 Å². The molecule has 0 heterocycles. The normalized spacial score (nSPS) is 20.9. The van der Waals surface area contributed by atoms with Gasteiger partial charge in [-0.3, -0.25) is 4.79 Å². The van der Waals surface area contributed by atoms with Crippen LogP contribution in [0.4, 0.5) is 0 Å². The fourth-order valence-electron chi connectivity index (χ4n) is 2.32. The maximum absolute atomic E-state index is 12.0. The summed E-state index contributed by atoms with van der Waals surface area (Å²) in [5, 5.41) is 3.12. The van der Waals surface area contributed by atoms with Crippen LogP contribution in [-0.4, -0.2) is 29.5 Å². The molecule has 0 saturated heterocycles. The first-order valence-electron chi connectivity index (χ1n) is 7.07. The van der Waals surface area contributed by atoms with Gasteiger partial charge < -0.3 is 11.1 Å². The summed E-state index contributed by atoms with van der Waals surface area (Å²) in [5.41, 5.74) is 5.71. The Kier molecular flexibility index (Phi) is 6.50. The van der Waals surface area contributed by atoms with E-state index in [0.717, 1.165) is 25.8 Å². The van der Waals surface area contributed by atoms with Crippen molar-refractivity contribution in [3.63, 3.8) is 0 Å². The van der Waals surface area contributed by atoms with Crippen molar-refractivity contribution < 1.29 is 4.79 Å². The molecule has 1 amide bonds. The third kappa shape index (κ3) is 4.81. The van der Waals surface area contributed by atoms with E-state index in [9.17, 15) is 4.79 Å². The molecule has 1 fully saturated rings. The van der Waals surface area contributed by atoms with Crippen molar-refractivity contribution in [1.29, 1.82) is 0 Å². The van der Waals surface area contributed by atoms with E-state index in [0.29, 0.717) is 4.75 Å². The van der Waals surface area contributed by atoms with Gasteiger partial charge in [0.2, 0.25) is 5.91 Å². The maximum atomic E-state index is 12.0. The Bertz CT molecular complexity index is 259. The number of amides is 1. The zero-order chi connectivity index (χ0) is 13.6. The van der Waals surface area contributed by atoms with Gasteiger partial charge in [0.05, 0.1) is 0 Å². The van der Waals surface area contributed by atoms with Crippen LogP contribution in [0.25, 0.3) is 0 Å². The minimum absolute atomic E-state index is 0.114. The van der Waals surface area contributed by atoms with Gasteiger partial charge >= 0.3 is 0 Å². The second kappa shape index (κ2) is 7.39. The van der Waals surface area contributed by atoms with Crippen molar-refractivity contribution in [2.75, 3.05) is 12.8 Å². The molecule has 1 rings (SSSR count). The summed E-state index contributed by atoms with van der Waals surface area (Å²) in [6.07, 6.45) is 8.94. The standard InChI is InChI=1S/C14H28N2OS/c1-11(6-4-7-12(2)15)13(17)16-10-14(18-3)8-5-9-14/h11-12H,4-10,15H2,1-3H3,(H,16,17). The molecule has 0 spiro atoms. The molecule has 0 bridgehead atoms. The van der Waals surface area contributed by atoms with Crippen LogP contribution >= 0.6 is 11.8 Å². The second-order valence-electron chi connectivity index (χ2n) is 5.77. The van der Waals surface area contributed by atoms with Gasteiger partial charge in [-0.15, -0.1) is 0 Å². The zero-order valence-electron chi connectivity index (χ0n) is 12.0. The molecule has 1 aliphatic rings. The Balaban J connectivity index is 2.19. The third-order valence-electron chi connectivity index (χ3n) is 4.03. The Morgan fingerprint density at radius 3 is 2.50 bits per heavy atom. The number of rotatable bonds is 8. The minimum Gasteiger partial charge on any atom is -0.354 e. The highest BCUT2D eigenvalue weighted by Gasteiger charge is 2.36. The van der Waals surface area contributed by atoms with Crippen LogP contribution in [0.2, 0.25) is 0 Å². The number of thioether (sulfide) groups is 1. The van der Waals surface area contributed by atoms with E-state index in [1.165, 1.54) is 19.3 Å². The first kappa shape index (κ1) is 15.8. The van der Waals surface area contributed by atoms with Gasteiger partial charge in [-0.25, -0.2) is 0 Å². The molecule has 0 aromatic rings. The van der Waals surface area contributed by atoms with E-state index >= 15 is 0 Å². The van der Waals surface area contributed by atoms with Gasteiger partial charge in [0, 0.05) is 23.3 Å². The number of carbonyl (C=O) groups is 1. The van der Waals surface area contributed by atoms with Crippen LogP contribution in [0.3, 0.4) is 0 Å². The molecule has 2 unspecified atom stereocenters. The number of carbonyl (C=O) groups excluding carboxylic acids is 1. The SMILES string of the molecule is CSC1(CNC(=O)C(C)CCCC(C)N)CCC1. The lowest BCUT2D eigenvalue weighted by atomic mass is 9.84. The lowest BCUT2D eigenvalue weighted by Crippen LogP contribution is -2.46. The molecule has 3 nitrogen and oxygen atoms in total. The molecular weight excluding hydrogens is 244 g/mol. The van der Waals surface area contributed by atoms with Crippen LogP contribution < -0.4 is 11.1 Å². The van der Waals surface area contributed by atoms with Crippen molar-refractivity contribution in [3.05, 3.63) is 0 Å². The zero-order valence-corrected chi connectivity index (χ0v) is 12.8. The van der Waals surface area contributed by atoms with Crippen molar-refractivity contribution in [2.24, 2.45) is 11.7 Å². The van der Waals surface area contributed by atoms with E-state index in [1.807, 2.05) is 25.6 Å². The summed E-state index contributed by atoms with van der Waals surface area (Å²) in [6, 6.07) is 0.245. The summed E-state index contributed by atoms with van der Waals surface area (Å²) in [6.45, 7) is 4.87. The predicted molar refractivity (Wildman–Crippen MR) is 79.8 cm³/mol. The molecule has 2 atom stereocenters. The highest BCUT2D eigenvalue weighted by atomic mass is 32.2. The quantitative estimate of drug-likeness (QED) is 0.714. The predicted octanol–water partition coefficient (Wildman–Crippen LogP) is 2.54. The highest BCUT2D eigenvalue weighted by Crippen LogP contribution is 2.42. The molecular formula is C14H28N2OS. The maximum Gasteiger partial charge on any atom is 0.222 e. The smallest absolute Gasteiger partial charge is 0.222 e. The fourth-order valence-corrected chi connectivity index (χ4v) is 3.24. The first-order chi connectivity index (χ1) is 8.49. The van der Waals surface area contributed by atoms with Gasteiger partial charge in [0.15, 0.2) is 0 Å². The largest absolute Gasteiger partial charge is 0.354 e. The Morgan fingerprint density at radius 1 is 1.39 bits per heavy atom. The Morgan fingerprint density at radius 2 is 2.06 bits per heavy atom. The van der Waals surface area contributed by atoms with E-state index in [4.69, 9.17) is 5.73 Å². The molecule has 1 saturated carbocycles. The molecule has 1 aliphatic carbocycles. The number of nitrogens with two attached hydrogens (primary N) is 1. The first-order valence-corrected chi connectivity index (χ1v) is 8.30. The minimum atomic E-state index is 0.114. The summed E-state index contributed by atoms with van der Waals surface area (Å²) >= 11 is 1.90. The Labute approximate surface area is 116 Å². The average molecular weight is 272 g/mol. The van der Waals surface area contributed by atoms with Gasteiger partial charge in [0.1, 0.15) is 0 Å². The topological polar surface area (TPSA) is 55.1 Å². The third-order valence-corrected chi connectivity index (χ3v) is 5.45. The average Bonchev–Trinajstić information content (AvgIpc) is 2.27. The van der Waals surface area contributed by atoms with Crippen molar-refractivity contribution in [2.45, 2.75) is 63.2 Å². The van der Waals surface area contributed by atoms with Crippen molar-refractivity contribution >= 4 is 17.7 Å². The molecule has 0 aromatic carbocycles. The highest BCUT2D eigenvalue weighted by molar-refractivity contribution is 8.00. The lowest BCUT2D eigenvalue weighted by molar-refractivity contribution is -0.124. The number of hydrogen-bond acceptors (Lipinski definition) is 3. The van der Waals surface area contributed by atoms with Gasteiger partial charge in [-0.05, 0) is 38.9 Å². The number of hydrogen-bond donors (Lipinski definition) is 2. The van der Waals surface area contributed by atoms with Crippen LogP contribution in [0.5, 0.6) is 0 Å². The molecule has 18 heavy (non-hydrogen) atoms. The summed E-state index contributed by atoms with van der Waals surface area (Å²) in [7, 11) is 0. The van der Waals surface area contributed by atoms with Gasteiger partial charge in [-0.1, -0.05) is 19.8 Å². The van der Waals surface area contributed by atoms with E-state index in [-0.39, 0.29) is 17.9 Å². The van der Waals surface area contributed by atoms with Crippen LogP contribution in [0, 0.1) is 5.92 Å². The lowest BCUT2D eigenvalue weighted by Gasteiger charge is -2.40. The van der Waals surface area contributed by atoms with E-state index in [2.05, 4.69) is 11.6 Å². The summed E-state index contributed by atoms with van der Waals surface area (Å²) in [5.74, 6) is 0.322. The van der Waals surface area contributed by atoms with Crippen LogP contribution in [0.1, 0.15) is 52.4 Å². The monoisotopic (exact) mass is 272 g/mol. The second-order valence-corrected chi connectivity index (χ2v) is 7.04. The molecule has 4 heteroatoms. The Hall–Kier alpha value is -0.220. The molecule has 0 aromatic heterocycles. The van der Waals surface area contributed by atoms with Crippen LogP contribution in [-0.2, 0) is 4.79 Å². The molecule has 3 N–H and O–H groups in total. The van der Waals surface area contributed by atoms with Crippen molar-refractivity contribution in [1.82, 2.24) is 5.32 Å². The summed E-state index contributed by atoms with van der Waals surface area (Å²) in [4.78, 5) is 12.0. The van der Waals surface area contributed by atoms with E-state index < -0.39 is 0 Å². The summed E-state index contributed by atoms with van der Waals surface area (Å²) < 4.78 is 0.334. The van der Waals surface area contributed by atoms with Crippen molar-refractivity contribution in [3.8, 4) is 0 Å². The van der Waals surface area contributed by atoms with Gasteiger partial charge in [0.25, 0.3) is 0 Å². The fraction of sp³-hybridized carbons (Fsp3) is 0.929. The van der Waals surface area contributed by atoms with Gasteiger partial charge in [-0.2, -0.15) is 11.8 Å². The molecule has 106 valence electrons. The molecule has 0 radical (unpaired) electrons. The number of nitrogens with one attached hydrogen (secondary N) is 1.